The molecule has 0 saturated carbocycles. The molecule has 31 heavy (non-hydrogen) atoms. The molecule has 2 aromatic carbocycles. The van der Waals surface area contributed by atoms with Crippen molar-refractivity contribution in [3.63, 3.8) is 0 Å². The topological polar surface area (TPSA) is 82.4 Å². The Kier molecular flexibility index (Phi) is 4.89. The van der Waals surface area contributed by atoms with Crippen LogP contribution in [0.5, 0.6) is 0 Å². The first-order chi connectivity index (χ1) is 15.0. The molecule has 160 valence electrons. The molecule has 0 radical (unpaired) electrons. The van der Waals surface area contributed by atoms with E-state index in [1.807, 2.05) is 29.2 Å². The van der Waals surface area contributed by atoms with Crippen molar-refractivity contribution in [3.8, 4) is 0 Å². The summed E-state index contributed by atoms with van der Waals surface area (Å²) in [5.74, 6) is 0.00510. The number of hydrogen-bond donors (Lipinski definition) is 2. The van der Waals surface area contributed by atoms with E-state index in [0.717, 1.165) is 65.5 Å². The van der Waals surface area contributed by atoms with Gasteiger partial charge in [-0.3, -0.25) is 9.59 Å². The van der Waals surface area contributed by atoms with Crippen LogP contribution in [0.15, 0.2) is 43.0 Å². The first kappa shape index (κ1) is 19.9. The third-order valence-corrected chi connectivity index (χ3v) is 7.00. The van der Waals surface area contributed by atoms with Crippen LogP contribution < -0.4 is 10.6 Å². The van der Waals surface area contributed by atoms with Gasteiger partial charge in [-0.15, -0.1) is 0 Å². The number of piperidine rings is 1. The van der Waals surface area contributed by atoms with Crippen molar-refractivity contribution in [2.75, 3.05) is 24.5 Å². The van der Waals surface area contributed by atoms with Crippen LogP contribution in [-0.4, -0.2) is 47.4 Å². The number of anilines is 1. The smallest absolute Gasteiger partial charge is 0.246 e. The Morgan fingerprint density at radius 1 is 1.29 bits per heavy atom. The third kappa shape index (κ3) is 3.26. The number of nitrogens with one attached hydrogen (secondary N) is 1. The molecule has 2 unspecified atom stereocenters. The van der Waals surface area contributed by atoms with Gasteiger partial charge in [0, 0.05) is 35.9 Å². The van der Waals surface area contributed by atoms with E-state index in [-0.39, 0.29) is 18.4 Å². The number of benzene rings is 2. The second kappa shape index (κ2) is 7.61. The molecule has 2 fully saturated rings. The van der Waals surface area contributed by atoms with Gasteiger partial charge in [-0.1, -0.05) is 36.4 Å². The summed E-state index contributed by atoms with van der Waals surface area (Å²) in [5, 5.41) is 2.68. The fourth-order valence-electron chi connectivity index (χ4n) is 5.43. The van der Waals surface area contributed by atoms with E-state index in [1.54, 1.807) is 0 Å². The summed E-state index contributed by atoms with van der Waals surface area (Å²) in [4.78, 5) is 31.9. The first-order valence-electron chi connectivity index (χ1n) is 10.7. The Bertz CT molecular complexity index is 1220. The number of nitrogens with two attached hydrogens (primary N) is 1. The molecule has 2 saturated heterocycles. The van der Waals surface area contributed by atoms with E-state index in [9.17, 15) is 9.59 Å². The number of amides is 2. The molecule has 2 aliphatic rings. The number of carbonyl (C=O) groups is 2. The third-order valence-electron chi connectivity index (χ3n) is 6.71. The molecule has 0 bridgehead atoms. The first-order valence-corrected chi connectivity index (χ1v) is 11.0. The summed E-state index contributed by atoms with van der Waals surface area (Å²) < 4.78 is 0. The number of primary amides is 1. The maximum atomic E-state index is 12.4. The number of fused-ring (bicyclic) bond motifs is 4. The normalized spacial score (nSPS) is 20.9. The van der Waals surface area contributed by atoms with Crippen molar-refractivity contribution in [1.82, 2.24) is 9.88 Å². The molecule has 6 nitrogen and oxygen atoms in total. The van der Waals surface area contributed by atoms with Gasteiger partial charge >= 0.3 is 0 Å². The number of halogens is 1. The lowest BCUT2D eigenvalue weighted by Crippen LogP contribution is -2.47. The minimum absolute atomic E-state index is 0.00306. The Labute approximate surface area is 185 Å². The number of carbonyl (C=O) groups excluding carboxylic acids is 2. The van der Waals surface area contributed by atoms with Gasteiger partial charge in [-0.25, -0.2) is 0 Å². The van der Waals surface area contributed by atoms with Crippen LogP contribution in [0.25, 0.3) is 21.8 Å². The van der Waals surface area contributed by atoms with Gasteiger partial charge in [0.2, 0.25) is 11.8 Å². The second-order valence-corrected chi connectivity index (χ2v) is 8.95. The van der Waals surface area contributed by atoms with Gasteiger partial charge in [0.1, 0.15) is 0 Å². The lowest BCUT2D eigenvalue weighted by Gasteiger charge is -2.36. The molecular weight excluding hydrogens is 412 g/mol. The molecule has 2 amide bonds. The Hall–Kier alpha value is -2.99. The van der Waals surface area contributed by atoms with Crippen LogP contribution in [-0.2, 0) is 16.0 Å². The monoisotopic (exact) mass is 436 g/mol. The van der Waals surface area contributed by atoms with Crippen molar-refractivity contribution in [2.24, 2.45) is 11.7 Å². The van der Waals surface area contributed by atoms with Gasteiger partial charge in [0.05, 0.1) is 28.7 Å². The van der Waals surface area contributed by atoms with Crippen LogP contribution in [0.3, 0.4) is 0 Å². The van der Waals surface area contributed by atoms with Crippen molar-refractivity contribution < 1.29 is 9.59 Å². The summed E-state index contributed by atoms with van der Waals surface area (Å²) in [6.07, 6.45) is 3.63. The van der Waals surface area contributed by atoms with Gasteiger partial charge in [0.15, 0.2) is 0 Å². The number of nitrogens with zero attached hydrogens (tertiary/aromatic N) is 2. The average molecular weight is 437 g/mol. The molecule has 3 heterocycles. The molecule has 7 heteroatoms. The van der Waals surface area contributed by atoms with E-state index in [0.29, 0.717) is 10.9 Å². The SMILES string of the molecule is C=CC(=O)N1CCCC2CN(c3c(Cl)cc(CC(N)=O)c4[nH]c5ccccc5c34)CC21. The number of hydrogen-bond acceptors (Lipinski definition) is 3. The van der Waals surface area contributed by atoms with Gasteiger partial charge in [-0.05, 0) is 42.5 Å². The zero-order valence-electron chi connectivity index (χ0n) is 17.2. The van der Waals surface area contributed by atoms with E-state index in [2.05, 4.69) is 22.5 Å². The van der Waals surface area contributed by atoms with Crippen LogP contribution in [0.1, 0.15) is 18.4 Å². The number of likely N-dealkylation sites (tertiary alicyclic amines) is 1. The van der Waals surface area contributed by atoms with Crippen molar-refractivity contribution in [2.45, 2.75) is 25.3 Å². The summed E-state index contributed by atoms with van der Waals surface area (Å²) in [6, 6.07) is 10.1. The fourth-order valence-corrected chi connectivity index (χ4v) is 5.78. The van der Waals surface area contributed by atoms with Crippen LogP contribution in [0.4, 0.5) is 5.69 Å². The maximum Gasteiger partial charge on any atom is 0.246 e. The number of para-hydroxylation sites is 1. The molecule has 5 rings (SSSR count). The quantitative estimate of drug-likeness (QED) is 0.613. The summed E-state index contributed by atoms with van der Waals surface area (Å²) >= 11 is 6.85. The highest BCUT2D eigenvalue weighted by molar-refractivity contribution is 6.36. The van der Waals surface area contributed by atoms with Crippen molar-refractivity contribution >= 4 is 50.9 Å². The second-order valence-electron chi connectivity index (χ2n) is 8.54. The summed E-state index contributed by atoms with van der Waals surface area (Å²) in [7, 11) is 0. The van der Waals surface area contributed by atoms with E-state index < -0.39 is 5.91 Å². The van der Waals surface area contributed by atoms with Crippen molar-refractivity contribution in [3.05, 3.63) is 53.6 Å². The molecule has 3 N–H and O–H groups in total. The highest BCUT2D eigenvalue weighted by Crippen LogP contribution is 2.44. The minimum atomic E-state index is -0.394. The fraction of sp³-hybridized carbons (Fsp3) is 0.333. The van der Waals surface area contributed by atoms with Crippen LogP contribution in [0.2, 0.25) is 5.02 Å². The average Bonchev–Trinajstić information content (AvgIpc) is 3.35. The van der Waals surface area contributed by atoms with Gasteiger partial charge < -0.3 is 20.5 Å². The molecule has 0 spiro atoms. The lowest BCUT2D eigenvalue weighted by molar-refractivity contribution is -0.130. The summed E-state index contributed by atoms with van der Waals surface area (Å²) in [5.41, 5.74) is 9.15. The largest absolute Gasteiger partial charge is 0.369 e. The lowest BCUT2D eigenvalue weighted by atomic mass is 9.92. The number of aromatic nitrogens is 1. The van der Waals surface area contributed by atoms with Crippen LogP contribution >= 0.6 is 11.6 Å². The van der Waals surface area contributed by atoms with Gasteiger partial charge in [0.25, 0.3) is 0 Å². The molecule has 1 aromatic heterocycles. The molecule has 2 aliphatic heterocycles. The zero-order valence-corrected chi connectivity index (χ0v) is 18.0. The molecule has 0 aliphatic carbocycles. The zero-order chi connectivity index (χ0) is 21.7. The van der Waals surface area contributed by atoms with Crippen LogP contribution in [0, 0.1) is 5.92 Å². The standard InChI is InChI=1S/C24H25ClN4O2/c1-2-21(31)29-9-5-6-14-12-28(13-19(14)29)24-17(25)10-15(11-20(26)30)23-22(24)16-7-3-4-8-18(16)27-23/h2-4,7-8,10,14,19,27H,1,5-6,9,11-13H2,(H2,26,30). The van der Waals surface area contributed by atoms with Gasteiger partial charge in [-0.2, -0.15) is 0 Å². The minimum Gasteiger partial charge on any atom is -0.369 e. The number of rotatable bonds is 4. The summed E-state index contributed by atoms with van der Waals surface area (Å²) in [6.45, 7) is 6.02. The highest BCUT2D eigenvalue weighted by Gasteiger charge is 2.41. The van der Waals surface area contributed by atoms with E-state index in [1.165, 1.54) is 6.08 Å². The highest BCUT2D eigenvalue weighted by atomic mass is 35.5. The predicted molar refractivity (Wildman–Crippen MR) is 124 cm³/mol. The molecule has 2 atom stereocenters. The van der Waals surface area contributed by atoms with E-state index in [4.69, 9.17) is 17.3 Å². The number of aromatic amines is 1. The van der Waals surface area contributed by atoms with Crippen molar-refractivity contribution in [1.29, 1.82) is 0 Å². The maximum absolute atomic E-state index is 12.4. The Balaban J connectivity index is 1.65. The molecule has 3 aromatic rings. The Morgan fingerprint density at radius 3 is 2.87 bits per heavy atom. The molecular formula is C24H25ClN4O2. The Morgan fingerprint density at radius 2 is 2.10 bits per heavy atom. The number of H-pyrrole nitrogens is 1. The predicted octanol–water partition coefficient (Wildman–Crippen LogP) is 3.62. The van der Waals surface area contributed by atoms with E-state index >= 15 is 0 Å².